The molecule has 0 spiro atoms. The predicted octanol–water partition coefficient (Wildman–Crippen LogP) is 2.02. The van der Waals surface area contributed by atoms with Crippen molar-refractivity contribution < 1.29 is 37.0 Å². The first-order valence-corrected chi connectivity index (χ1v) is 7.88. The van der Waals surface area contributed by atoms with Crippen LogP contribution in [-0.4, -0.2) is 18.2 Å². The van der Waals surface area contributed by atoms with Gasteiger partial charge < -0.3 is 24.7 Å². The smallest absolute Gasteiger partial charge is 0.416 e. The number of aliphatic hydroxyl groups is 1. The average molecular weight is 397 g/mol. The number of aliphatic hydroxyl groups excluding tert-OH is 1. The number of methoxy groups -OCH3 is 1. The highest BCUT2D eigenvalue weighted by Crippen LogP contribution is 2.45. The topological polar surface area (TPSA) is 112 Å². The van der Waals surface area contributed by atoms with E-state index >= 15 is 0 Å². The van der Waals surface area contributed by atoms with Crippen LogP contribution in [0.25, 0.3) is 0 Å². The minimum Gasteiger partial charge on any atom is -0.465 e. The third-order valence-electron chi connectivity index (χ3n) is 4.15. The van der Waals surface area contributed by atoms with E-state index in [1.54, 1.807) is 0 Å². The Labute approximate surface area is 155 Å². The van der Waals surface area contributed by atoms with Crippen LogP contribution >= 0.6 is 0 Å². The summed E-state index contributed by atoms with van der Waals surface area (Å²) in [6.07, 6.45) is -4.76. The maximum Gasteiger partial charge on any atom is 0.416 e. The van der Waals surface area contributed by atoms with Gasteiger partial charge in [-0.05, 0) is 11.6 Å². The Kier molecular flexibility index (Phi) is 4.90. The van der Waals surface area contributed by atoms with Gasteiger partial charge in [-0.1, -0.05) is 18.2 Å². The molecule has 2 aromatic rings. The number of ether oxygens (including phenoxy) is 2. The molecule has 1 unspecified atom stereocenters. The molecule has 1 aromatic carbocycles. The van der Waals surface area contributed by atoms with Gasteiger partial charge in [0, 0.05) is 6.07 Å². The number of halogens is 3. The van der Waals surface area contributed by atoms with Crippen LogP contribution in [0.3, 0.4) is 0 Å². The quantitative estimate of drug-likeness (QED) is 0.762. The first-order valence-electron chi connectivity index (χ1n) is 7.88. The van der Waals surface area contributed by atoms with Gasteiger partial charge in [-0.2, -0.15) is 13.2 Å². The van der Waals surface area contributed by atoms with Gasteiger partial charge in [-0.15, -0.1) is 0 Å². The molecule has 3 N–H and O–H groups in total. The monoisotopic (exact) mass is 397 g/mol. The maximum absolute atomic E-state index is 13.6. The summed E-state index contributed by atoms with van der Waals surface area (Å²) in [6.45, 7) is -0.692. The Morgan fingerprint density at radius 2 is 2.00 bits per heavy atom. The van der Waals surface area contributed by atoms with Crippen LogP contribution in [-0.2, 0) is 22.3 Å². The number of hydrogen-bond acceptors (Lipinski definition) is 7. The fraction of sp³-hybridized carbons (Fsp3) is 0.222. The van der Waals surface area contributed by atoms with E-state index in [1.165, 1.54) is 12.1 Å². The summed E-state index contributed by atoms with van der Waals surface area (Å²) in [6, 6.07) is 5.38. The third-order valence-corrected chi connectivity index (χ3v) is 4.15. The van der Waals surface area contributed by atoms with Crippen molar-refractivity contribution >= 4 is 5.97 Å². The molecule has 1 aliphatic heterocycles. The summed E-state index contributed by atoms with van der Waals surface area (Å²) >= 11 is 0. The first kappa shape index (κ1) is 19.5. The summed E-state index contributed by atoms with van der Waals surface area (Å²) in [5.41, 5.74) is 3.07. The number of benzene rings is 1. The molecule has 2 heterocycles. The van der Waals surface area contributed by atoms with Gasteiger partial charge in [0.15, 0.2) is 5.76 Å². The van der Waals surface area contributed by atoms with Crippen molar-refractivity contribution in [3.8, 4) is 5.75 Å². The number of nitrogens with two attached hydrogens (primary N) is 1. The fourth-order valence-corrected chi connectivity index (χ4v) is 2.99. The van der Waals surface area contributed by atoms with E-state index in [0.29, 0.717) is 0 Å². The Hall–Kier alpha value is -3.27. The molecule has 1 aromatic heterocycles. The molecule has 0 radical (unpaired) electrons. The van der Waals surface area contributed by atoms with Gasteiger partial charge in [0.25, 0.3) is 0 Å². The number of carbonyl (C=O) groups is 1. The van der Waals surface area contributed by atoms with Crippen molar-refractivity contribution in [3.63, 3.8) is 0 Å². The lowest BCUT2D eigenvalue weighted by atomic mass is 9.84. The Balaban J connectivity index is 2.39. The molecule has 1 aliphatic rings. The molecule has 10 heteroatoms. The highest BCUT2D eigenvalue weighted by atomic mass is 19.4. The summed E-state index contributed by atoms with van der Waals surface area (Å²) in [5.74, 6) is -4.24. The highest BCUT2D eigenvalue weighted by Gasteiger charge is 2.43. The fourth-order valence-electron chi connectivity index (χ4n) is 2.99. The van der Waals surface area contributed by atoms with E-state index in [9.17, 15) is 27.9 Å². The first-order chi connectivity index (χ1) is 13.2. The van der Waals surface area contributed by atoms with Gasteiger partial charge in [0.2, 0.25) is 17.1 Å². The minimum atomic E-state index is -4.76. The molecule has 0 fully saturated rings. The van der Waals surface area contributed by atoms with E-state index in [1.807, 2.05) is 0 Å². The average Bonchev–Trinajstić information content (AvgIpc) is 2.66. The molecule has 7 nitrogen and oxygen atoms in total. The van der Waals surface area contributed by atoms with Crippen molar-refractivity contribution in [2.24, 2.45) is 5.73 Å². The van der Waals surface area contributed by atoms with E-state index in [-0.39, 0.29) is 17.1 Å². The summed E-state index contributed by atoms with van der Waals surface area (Å²) in [5, 5.41) is 9.30. The SMILES string of the molecule is COC(=O)C1=C(N)Oc2c(oc(CO)cc2=O)C1c1ccccc1C(F)(F)F. The highest BCUT2D eigenvalue weighted by molar-refractivity contribution is 5.92. The van der Waals surface area contributed by atoms with E-state index in [4.69, 9.17) is 14.9 Å². The summed E-state index contributed by atoms with van der Waals surface area (Å²) in [7, 11) is 1.02. The van der Waals surface area contributed by atoms with Crippen molar-refractivity contribution in [3.05, 3.63) is 74.7 Å². The van der Waals surface area contributed by atoms with Gasteiger partial charge >= 0.3 is 12.1 Å². The lowest BCUT2D eigenvalue weighted by Crippen LogP contribution is -2.30. The van der Waals surface area contributed by atoms with Gasteiger partial charge in [-0.3, -0.25) is 4.79 Å². The van der Waals surface area contributed by atoms with Gasteiger partial charge in [0.1, 0.15) is 17.9 Å². The van der Waals surface area contributed by atoms with Crippen LogP contribution in [0.4, 0.5) is 13.2 Å². The van der Waals surface area contributed by atoms with E-state index in [0.717, 1.165) is 25.3 Å². The number of esters is 1. The number of carbonyl (C=O) groups excluding carboxylic acids is 1. The molecule has 0 amide bonds. The second kappa shape index (κ2) is 7.04. The summed E-state index contributed by atoms with van der Waals surface area (Å²) in [4.78, 5) is 24.6. The van der Waals surface area contributed by atoms with Gasteiger partial charge in [0.05, 0.1) is 18.6 Å². The number of rotatable bonds is 3. The lowest BCUT2D eigenvalue weighted by Gasteiger charge is -2.28. The molecular formula is C18H14F3NO6. The third kappa shape index (κ3) is 3.22. The van der Waals surface area contributed by atoms with Crippen LogP contribution in [0, 0.1) is 0 Å². The number of fused-ring (bicyclic) bond motifs is 1. The normalized spacial score (nSPS) is 16.4. The largest absolute Gasteiger partial charge is 0.465 e. The van der Waals surface area contributed by atoms with Crippen molar-refractivity contribution in [2.75, 3.05) is 7.11 Å². The molecule has 0 saturated heterocycles. The molecule has 0 bridgehead atoms. The molecule has 3 rings (SSSR count). The van der Waals surface area contributed by atoms with Crippen molar-refractivity contribution in [1.82, 2.24) is 0 Å². The zero-order chi connectivity index (χ0) is 20.6. The Morgan fingerprint density at radius 3 is 2.61 bits per heavy atom. The van der Waals surface area contributed by atoms with Crippen molar-refractivity contribution in [2.45, 2.75) is 18.7 Å². The molecular weight excluding hydrogens is 383 g/mol. The predicted molar refractivity (Wildman–Crippen MR) is 88.0 cm³/mol. The molecule has 148 valence electrons. The van der Waals surface area contributed by atoms with E-state index in [2.05, 4.69) is 4.74 Å². The van der Waals surface area contributed by atoms with Crippen LogP contribution in [0.15, 0.2) is 51.0 Å². The lowest BCUT2D eigenvalue weighted by molar-refractivity contribution is -0.139. The Bertz CT molecular complexity index is 1020. The second-order valence-corrected chi connectivity index (χ2v) is 5.82. The number of alkyl halides is 3. The zero-order valence-corrected chi connectivity index (χ0v) is 14.4. The van der Waals surface area contributed by atoms with Crippen LogP contribution < -0.4 is 15.9 Å². The maximum atomic E-state index is 13.6. The van der Waals surface area contributed by atoms with E-state index < -0.39 is 52.9 Å². The zero-order valence-electron chi connectivity index (χ0n) is 14.4. The standard InChI is InChI=1S/C18H14F3NO6/c1-26-17(25)13-12(9-4-2-3-5-10(9)18(19,20)21)15-14(28-16(13)22)11(24)6-8(7-23)27-15/h2-6,12,23H,7,22H2,1H3. The molecule has 0 aliphatic carbocycles. The van der Waals surface area contributed by atoms with Gasteiger partial charge in [-0.25, -0.2) is 4.79 Å². The molecule has 1 atom stereocenters. The molecule has 28 heavy (non-hydrogen) atoms. The second-order valence-electron chi connectivity index (χ2n) is 5.82. The minimum absolute atomic E-state index is 0.216. The van der Waals surface area contributed by atoms with Crippen LogP contribution in [0.2, 0.25) is 0 Å². The number of hydrogen-bond donors (Lipinski definition) is 2. The summed E-state index contributed by atoms with van der Waals surface area (Å²) < 4.78 is 55.9. The van der Waals surface area contributed by atoms with Crippen LogP contribution in [0.5, 0.6) is 5.75 Å². The van der Waals surface area contributed by atoms with Crippen LogP contribution in [0.1, 0.15) is 28.6 Å². The molecule has 0 saturated carbocycles. The Morgan fingerprint density at radius 1 is 1.32 bits per heavy atom. The van der Waals surface area contributed by atoms with Crippen molar-refractivity contribution in [1.29, 1.82) is 0 Å².